The average Bonchev–Trinajstić information content (AvgIpc) is 3.18. The number of aromatic nitrogens is 1. The molecular formula is C23H21N3O3S. The van der Waals surface area contributed by atoms with Crippen LogP contribution in [-0.2, 0) is 16.2 Å². The molecule has 2 aromatic carbocycles. The van der Waals surface area contributed by atoms with Gasteiger partial charge >= 0.3 is 0 Å². The van der Waals surface area contributed by atoms with Crippen molar-refractivity contribution < 1.29 is 14.4 Å². The minimum Gasteiger partial charge on any atom is -0.431 e. The van der Waals surface area contributed by atoms with Crippen LogP contribution in [0, 0.1) is 11.8 Å². The van der Waals surface area contributed by atoms with Crippen LogP contribution in [0.15, 0.2) is 65.9 Å². The second-order valence-electron chi connectivity index (χ2n) is 6.35. The minimum atomic E-state index is -0.222. The monoisotopic (exact) mass is 419 g/mol. The number of nitrogens with zero attached hydrogens (tertiary/aromatic N) is 2. The first-order valence-electron chi connectivity index (χ1n) is 9.30. The normalized spacial score (nSPS) is 11.4. The van der Waals surface area contributed by atoms with Crippen molar-refractivity contribution in [1.82, 2.24) is 10.3 Å². The van der Waals surface area contributed by atoms with Gasteiger partial charge in [-0.25, -0.2) is 4.98 Å². The largest absolute Gasteiger partial charge is 0.431 e. The third kappa shape index (κ3) is 7.08. The molecule has 0 saturated carbocycles. The summed E-state index contributed by atoms with van der Waals surface area (Å²) in [6.07, 6.45) is 3.30. The summed E-state index contributed by atoms with van der Waals surface area (Å²) in [6, 6.07) is 17.1. The Bertz CT molecular complexity index is 1050. The maximum absolute atomic E-state index is 11.0. The molecule has 6 nitrogen and oxygen atoms in total. The van der Waals surface area contributed by atoms with E-state index in [1.807, 2.05) is 61.5 Å². The van der Waals surface area contributed by atoms with Crippen LogP contribution in [0.2, 0.25) is 0 Å². The fraction of sp³-hybridized carbons (Fsp3) is 0.174. The van der Waals surface area contributed by atoms with Gasteiger partial charge < -0.3 is 14.9 Å². The Balaban J connectivity index is 1.50. The summed E-state index contributed by atoms with van der Waals surface area (Å²) in [4.78, 5) is 21.3. The smallest absolute Gasteiger partial charge is 0.279 e. The van der Waals surface area contributed by atoms with Gasteiger partial charge in [-0.15, -0.1) is 0 Å². The topological polar surface area (TPSA) is 72.8 Å². The summed E-state index contributed by atoms with van der Waals surface area (Å²) in [5, 5.41) is 7.20. The Hall–Kier alpha value is -3.63. The zero-order valence-corrected chi connectivity index (χ0v) is 17.5. The first kappa shape index (κ1) is 21.1. The van der Waals surface area contributed by atoms with Crippen molar-refractivity contribution in [2.75, 3.05) is 0 Å². The Morgan fingerprint density at radius 1 is 1.23 bits per heavy atom. The van der Waals surface area contributed by atoms with Crippen LogP contribution in [0.3, 0.4) is 0 Å². The fourth-order valence-electron chi connectivity index (χ4n) is 2.39. The van der Waals surface area contributed by atoms with Gasteiger partial charge in [-0.3, -0.25) is 4.79 Å². The Labute approximate surface area is 179 Å². The van der Waals surface area contributed by atoms with Gasteiger partial charge in [0, 0.05) is 6.92 Å². The molecule has 0 fully saturated rings. The third-order valence-electron chi connectivity index (χ3n) is 3.75. The zero-order valence-electron chi connectivity index (χ0n) is 16.7. The number of thiazole rings is 1. The molecule has 1 atom stereocenters. The number of hydrogen-bond donors (Lipinski definition) is 1. The van der Waals surface area contributed by atoms with Crippen molar-refractivity contribution >= 4 is 23.5 Å². The number of nitrogens with one attached hydrogen (secondary N) is 1. The summed E-state index contributed by atoms with van der Waals surface area (Å²) >= 11 is 1.34. The highest BCUT2D eigenvalue weighted by Crippen LogP contribution is 2.26. The highest BCUT2D eigenvalue weighted by molar-refractivity contribution is 7.13. The number of rotatable bonds is 7. The van der Waals surface area contributed by atoms with Crippen molar-refractivity contribution in [2.24, 2.45) is 5.16 Å². The first-order chi connectivity index (χ1) is 14.6. The first-order valence-corrected chi connectivity index (χ1v) is 10.1. The van der Waals surface area contributed by atoms with Crippen LogP contribution < -0.4 is 10.1 Å². The lowest BCUT2D eigenvalue weighted by molar-refractivity contribution is -0.119. The maximum Gasteiger partial charge on any atom is 0.279 e. The van der Waals surface area contributed by atoms with Crippen LogP contribution in [0.4, 0.5) is 0 Å². The highest BCUT2D eigenvalue weighted by atomic mass is 32.1. The SMILES string of the molecule is CC(=O)NC(C)C#Cc1cnc(Oc2ccc(/C=N/OCc3ccccc3)cc2)s1. The number of hydrogen-bond acceptors (Lipinski definition) is 6. The molecule has 1 amide bonds. The van der Waals surface area contributed by atoms with Gasteiger partial charge in [-0.2, -0.15) is 0 Å². The molecule has 0 aliphatic rings. The van der Waals surface area contributed by atoms with Crippen molar-refractivity contribution in [2.45, 2.75) is 26.5 Å². The minimum absolute atomic E-state index is 0.110. The van der Waals surface area contributed by atoms with Gasteiger partial charge in [0.2, 0.25) is 5.91 Å². The molecule has 1 heterocycles. The molecule has 1 aromatic heterocycles. The summed E-state index contributed by atoms with van der Waals surface area (Å²) < 4.78 is 5.76. The molecule has 152 valence electrons. The molecule has 0 bridgehead atoms. The van der Waals surface area contributed by atoms with Crippen LogP contribution >= 0.6 is 11.3 Å². The molecule has 0 radical (unpaired) electrons. The zero-order chi connectivity index (χ0) is 21.2. The summed E-state index contributed by atoms with van der Waals surface area (Å²) in [6.45, 7) is 3.72. The lowest BCUT2D eigenvalue weighted by Gasteiger charge is -2.02. The molecule has 0 spiro atoms. The van der Waals surface area contributed by atoms with Crippen molar-refractivity contribution in [3.8, 4) is 22.8 Å². The standard InChI is InChI=1S/C23H21N3O3S/c1-17(26-18(2)27)8-13-22-15-24-23(30-22)29-21-11-9-19(10-12-21)14-25-28-16-20-6-4-3-5-7-20/h3-7,9-12,14-15,17H,16H2,1-2H3,(H,26,27)/b25-14+. The van der Waals surface area contributed by atoms with Crippen molar-refractivity contribution in [3.63, 3.8) is 0 Å². The van der Waals surface area contributed by atoms with Crippen LogP contribution in [0.5, 0.6) is 10.9 Å². The van der Waals surface area contributed by atoms with Crippen molar-refractivity contribution in [3.05, 3.63) is 76.8 Å². The fourth-order valence-corrected chi connectivity index (χ4v) is 3.04. The Morgan fingerprint density at radius 2 is 2.00 bits per heavy atom. The van der Waals surface area contributed by atoms with E-state index in [0.717, 1.165) is 16.0 Å². The number of ether oxygens (including phenoxy) is 1. The van der Waals surface area contributed by atoms with E-state index in [9.17, 15) is 4.79 Å². The van der Waals surface area contributed by atoms with E-state index < -0.39 is 0 Å². The molecule has 30 heavy (non-hydrogen) atoms. The van der Waals surface area contributed by atoms with E-state index in [1.165, 1.54) is 18.3 Å². The van der Waals surface area contributed by atoms with Crippen LogP contribution in [0.25, 0.3) is 0 Å². The molecular weight excluding hydrogens is 398 g/mol. The Kier molecular flexibility index (Phi) is 7.58. The van der Waals surface area contributed by atoms with Gasteiger partial charge in [0.1, 0.15) is 17.2 Å². The van der Waals surface area contributed by atoms with E-state index >= 15 is 0 Å². The van der Waals surface area contributed by atoms with Gasteiger partial charge in [-0.1, -0.05) is 58.7 Å². The highest BCUT2D eigenvalue weighted by Gasteiger charge is 2.04. The second kappa shape index (κ2) is 10.8. The molecule has 3 rings (SSSR count). The molecule has 7 heteroatoms. The van der Waals surface area contributed by atoms with E-state index in [4.69, 9.17) is 9.57 Å². The summed E-state index contributed by atoms with van der Waals surface area (Å²) in [7, 11) is 0. The molecule has 3 aromatic rings. The Morgan fingerprint density at radius 3 is 2.73 bits per heavy atom. The van der Waals surface area contributed by atoms with Gasteiger partial charge in [-0.05, 0) is 42.3 Å². The summed E-state index contributed by atoms with van der Waals surface area (Å²) in [5.41, 5.74) is 1.96. The van der Waals surface area contributed by atoms with E-state index in [0.29, 0.717) is 17.6 Å². The number of carbonyl (C=O) groups is 1. The number of carbonyl (C=O) groups excluding carboxylic acids is 1. The van der Waals surface area contributed by atoms with Crippen molar-refractivity contribution in [1.29, 1.82) is 0 Å². The van der Waals surface area contributed by atoms with Crippen LogP contribution in [-0.4, -0.2) is 23.1 Å². The quantitative estimate of drug-likeness (QED) is 0.351. The molecule has 0 saturated heterocycles. The molecule has 1 N–H and O–H groups in total. The molecule has 1 unspecified atom stereocenters. The second-order valence-corrected chi connectivity index (χ2v) is 7.34. The molecule has 0 aliphatic carbocycles. The maximum atomic E-state index is 11.0. The van der Waals surface area contributed by atoms with E-state index in [-0.39, 0.29) is 11.9 Å². The lowest BCUT2D eigenvalue weighted by Crippen LogP contribution is -2.28. The predicted octanol–water partition coefficient (Wildman–Crippen LogP) is 4.36. The molecule has 0 aliphatic heterocycles. The van der Waals surface area contributed by atoms with E-state index in [2.05, 4.69) is 27.3 Å². The van der Waals surface area contributed by atoms with Crippen LogP contribution in [0.1, 0.15) is 29.9 Å². The summed E-state index contributed by atoms with van der Waals surface area (Å²) in [5.74, 6) is 6.50. The lowest BCUT2D eigenvalue weighted by atomic mass is 10.2. The third-order valence-corrected chi connectivity index (χ3v) is 4.54. The van der Waals surface area contributed by atoms with E-state index in [1.54, 1.807) is 12.4 Å². The number of benzene rings is 2. The number of amides is 1. The van der Waals surface area contributed by atoms with Gasteiger partial charge in [0.15, 0.2) is 0 Å². The predicted molar refractivity (Wildman–Crippen MR) is 118 cm³/mol. The number of oxime groups is 1. The van der Waals surface area contributed by atoms with Gasteiger partial charge in [0.25, 0.3) is 5.19 Å². The van der Waals surface area contributed by atoms with Gasteiger partial charge in [0.05, 0.1) is 18.5 Å². The average molecular weight is 420 g/mol.